The second kappa shape index (κ2) is 50.5. The zero-order valence-corrected chi connectivity index (χ0v) is 77.5. The number of phenolic OH excluding ortho intramolecular Hbond substituents is 1. The highest BCUT2D eigenvalue weighted by atomic mass is 32.2. The first-order chi connectivity index (χ1) is 65.2. The van der Waals surface area contributed by atoms with Gasteiger partial charge in [-0.15, -0.1) is 11.8 Å². The molecule has 3 aliphatic heterocycles. The third kappa shape index (κ3) is 29.2. The van der Waals surface area contributed by atoms with Gasteiger partial charge in [-0.1, -0.05) is 88.1 Å². The van der Waals surface area contributed by atoms with Crippen LogP contribution in [0.25, 0.3) is 21.8 Å². The topological polar surface area (TPSA) is 684 Å². The summed E-state index contributed by atoms with van der Waals surface area (Å²) in [5, 5.41) is 89.7. The highest BCUT2D eigenvalue weighted by Crippen LogP contribution is 2.29. The average Bonchev–Trinajstić information content (AvgIpc) is 1.64. The quantitative estimate of drug-likeness (QED) is 0.0235. The first-order valence-electron chi connectivity index (χ1n) is 45.0. The summed E-state index contributed by atoms with van der Waals surface area (Å²) in [6.45, 7) is 1.15. The number of benzene rings is 3. The largest absolute Gasteiger partial charge is 0.508 e. The number of aliphatic hydroxyl groups excluding tert-OH is 2. The Labute approximate surface area is 791 Å². The number of aromatic nitrogens is 4. The van der Waals surface area contributed by atoms with Gasteiger partial charge in [0.05, 0.1) is 37.8 Å². The van der Waals surface area contributed by atoms with Crippen molar-refractivity contribution in [1.29, 1.82) is 0 Å². The Bertz CT molecular complexity index is 5360. The molecule has 3 aliphatic rings. The van der Waals surface area contributed by atoms with Crippen LogP contribution in [0, 0.1) is 0 Å². The van der Waals surface area contributed by atoms with E-state index in [2.05, 4.69) is 68.1 Å². The summed E-state index contributed by atoms with van der Waals surface area (Å²) in [5.41, 5.74) is 13.7. The number of aliphatic hydroxyl groups is 2. The smallest absolute Gasteiger partial charge is 0.323 e. The lowest BCUT2D eigenvalue weighted by Crippen LogP contribution is -2.62. The summed E-state index contributed by atoms with van der Waals surface area (Å²) in [5.74, 6) is -22.2. The fourth-order valence-corrected chi connectivity index (χ4v) is 17.6. The molecule has 46 nitrogen and oxygen atoms in total. The Balaban J connectivity index is 1.11. The normalized spacial score (nSPS) is 24.5. The third-order valence-electron chi connectivity index (χ3n) is 24.2. The maximum Gasteiger partial charge on any atom is 0.323 e. The van der Waals surface area contributed by atoms with Crippen molar-refractivity contribution in [1.82, 2.24) is 97.2 Å². The van der Waals surface area contributed by atoms with Gasteiger partial charge < -0.3 is 134 Å². The van der Waals surface area contributed by atoms with E-state index in [-0.39, 0.29) is 81.5 Å². The molecule has 0 spiro atoms. The highest BCUT2D eigenvalue weighted by Gasteiger charge is 2.47. The van der Waals surface area contributed by atoms with Gasteiger partial charge in [-0.25, -0.2) is 4.98 Å². The maximum atomic E-state index is 15.8. The molecular formula is C90H121N21O25S. The van der Waals surface area contributed by atoms with E-state index in [0.29, 0.717) is 45.8 Å². The number of likely N-dealkylation sites (N-methyl/N-ethyl adjacent to an activating group) is 3. The molecule has 3 aromatic heterocycles. The van der Waals surface area contributed by atoms with Crippen LogP contribution in [0.3, 0.4) is 0 Å². The van der Waals surface area contributed by atoms with Gasteiger partial charge in [0.1, 0.15) is 96.9 Å². The van der Waals surface area contributed by atoms with E-state index in [0.717, 1.165) is 43.3 Å². The summed E-state index contributed by atoms with van der Waals surface area (Å²) >= 11 is 0.729. The van der Waals surface area contributed by atoms with Crippen LogP contribution in [0.2, 0.25) is 0 Å². The minimum absolute atomic E-state index is 0.0594. The number of aliphatic carboxylic acids is 3. The van der Waals surface area contributed by atoms with Crippen molar-refractivity contribution < 1.29 is 122 Å². The number of para-hydroxylation sites is 2. The zero-order valence-electron chi connectivity index (χ0n) is 76.7. The van der Waals surface area contributed by atoms with E-state index in [4.69, 9.17) is 11.5 Å². The van der Waals surface area contributed by atoms with Crippen LogP contribution in [-0.4, -0.2) is 343 Å². The van der Waals surface area contributed by atoms with Crippen LogP contribution >= 0.6 is 11.8 Å². The van der Waals surface area contributed by atoms with Gasteiger partial charge in [0.2, 0.25) is 94.5 Å². The average molecular weight is 1930 g/mol. The number of carboxylic acids is 3. The number of imidazole rings is 1. The van der Waals surface area contributed by atoms with Crippen molar-refractivity contribution in [2.24, 2.45) is 11.5 Å². The van der Waals surface area contributed by atoms with Crippen molar-refractivity contribution in [3.63, 3.8) is 0 Å². The SMILES string of the molecule is CCCC[C@H]1C(=O)N(C)[C@@H](CCCC)C(=O)N[C@@H](CCN)C(=O)N[C@H](C(=O)NCC(N)=O)CSCC(=O)N[C@@H](Cc2ccc(O)cc2)C(=O)N(C)[C@@H](C)C(=O)N[C@@H](CC(=O)O)C(=O)N2CCC[C@H]2C(=O)N[C@@H](Cc2cnc[nH]2)C(=O)N[C@@H](CCC(=O)O)C(=O)N2C[C@H](O)C[C@H]2C(=O)N[C@@H](Cc2c[nH]c3ccccc23)C(=O)N[C@@H](CO)C(=O)N[C@@H](Cc2cn(CC(=O)O)c3ccccc23)C(=O)N1C. The number of hydrogen-bond donors (Lipinski definition) is 20. The number of aromatic hydroxyl groups is 1. The lowest BCUT2D eigenvalue weighted by molar-refractivity contribution is -0.149. The number of nitrogens with zero attached hydrogens (tertiary/aromatic N) is 7. The van der Waals surface area contributed by atoms with E-state index in [1.165, 1.54) is 74.8 Å². The van der Waals surface area contributed by atoms with Crippen molar-refractivity contribution >= 4 is 146 Å². The fourth-order valence-electron chi connectivity index (χ4n) is 16.7. The van der Waals surface area contributed by atoms with Crippen LogP contribution in [0.5, 0.6) is 5.75 Å². The highest BCUT2D eigenvalue weighted by molar-refractivity contribution is 8.00. The molecule has 6 heterocycles. The van der Waals surface area contributed by atoms with E-state index < -0.39 is 286 Å². The molecule has 9 rings (SSSR count). The molecule has 742 valence electrons. The molecule has 3 aromatic carbocycles. The van der Waals surface area contributed by atoms with Gasteiger partial charge in [-0.3, -0.25) is 91.1 Å². The van der Waals surface area contributed by atoms with Crippen molar-refractivity contribution in [2.45, 2.75) is 227 Å². The summed E-state index contributed by atoms with van der Waals surface area (Å²) < 4.78 is 1.38. The molecule has 3 saturated heterocycles. The van der Waals surface area contributed by atoms with Gasteiger partial charge in [-0.2, -0.15) is 0 Å². The minimum Gasteiger partial charge on any atom is -0.508 e. The molecule has 0 bridgehead atoms. The number of fused-ring (bicyclic) bond motifs is 4. The Morgan fingerprint density at radius 3 is 1.77 bits per heavy atom. The Kier molecular flexibility index (Phi) is 39.3. The molecule has 6 aromatic rings. The third-order valence-corrected chi connectivity index (χ3v) is 25.2. The molecule has 0 aliphatic carbocycles. The number of carbonyl (C=O) groups is 19. The first-order valence-corrected chi connectivity index (χ1v) is 46.2. The molecule has 3 fully saturated rings. The molecule has 0 unspecified atom stereocenters. The Morgan fingerprint density at radius 1 is 0.555 bits per heavy atom. The van der Waals surface area contributed by atoms with Crippen molar-refractivity contribution in [3.8, 4) is 5.75 Å². The number of phenols is 1. The second-order valence-electron chi connectivity index (χ2n) is 34.1. The van der Waals surface area contributed by atoms with Gasteiger partial charge in [-0.05, 0) is 92.9 Å². The number of nitrogens with one attached hydrogen (secondary N) is 12. The lowest BCUT2D eigenvalue weighted by atomic mass is 10.00. The summed E-state index contributed by atoms with van der Waals surface area (Å²) in [7, 11) is 3.72. The monoisotopic (exact) mass is 1930 g/mol. The molecular weight excluding hydrogens is 1810 g/mol. The summed E-state index contributed by atoms with van der Waals surface area (Å²) in [6, 6.07) is -4.95. The van der Waals surface area contributed by atoms with E-state index in [1.807, 2.05) is 0 Å². The van der Waals surface area contributed by atoms with E-state index in [1.54, 1.807) is 62.4 Å². The van der Waals surface area contributed by atoms with Crippen LogP contribution in [-0.2, 0) is 123 Å². The number of primary amides is 1. The number of hydrogen-bond acceptors (Lipinski definition) is 25. The molecule has 15 atom stereocenters. The van der Waals surface area contributed by atoms with Crippen LogP contribution in [0.15, 0.2) is 97.7 Å². The Hall–Kier alpha value is -14.1. The van der Waals surface area contributed by atoms with Crippen LogP contribution < -0.4 is 64.6 Å². The van der Waals surface area contributed by atoms with Gasteiger partial charge >= 0.3 is 17.9 Å². The maximum absolute atomic E-state index is 15.8. The number of amides is 16. The number of nitrogens with two attached hydrogens (primary N) is 2. The molecule has 137 heavy (non-hydrogen) atoms. The van der Waals surface area contributed by atoms with E-state index in [9.17, 15) is 83.4 Å². The van der Waals surface area contributed by atoms with Gasteiger partial charge in [0.25, 0.3) is 0 Å². The molecule has 0 saturated carbocycles. The fraction of sp³-hybridized carbons (Fsp3) is 0.511. The van der Waals surface area contributed by atoms with Crippen LogP contribution in [0.1, 0.15) is 127 Å². The standard InChI is InChI=1S/C90H121N21O25S/c1-7-9-19-68-83(129)98-58(29-30-91)79(125)105-66(78(124)95-40-72(92)115)45-137-46-73(116)97-62(32-49-23-25-53(113)26-24-49)86(132)106(4)48(3)77(123)102-64(37-75(119)120)89(135)110-31-15-22-69(110)84(130)101-61(35-52-39-93-47-96-52)81(127)99-59(27-28-74(117)118)88(134)111-42-54(114)36-71(111)85(131)100-60(33-50-38-94-57-18-13-11-16-55(50)57)80(126)104-65(44-112)82(128)103-63(87(133)108(6)70(20-10-8-2)90(136)107(68)5)34-51-41-109(43-76(121)122)67-21-14-12-17-56(51)67/h11-14,16-18,21,23-26,38-39,41,47-48,54,58-66,68-71,94,112-114H,7-10,15,19-20,22,27-37,40,42-46,91H2,1-6H3,(H2,92,115)(H,93,96)(H,95,124)(H,97,116)(H,98,129)(H,99,127)(H,100,131)(H,101,130)(H,102,123)(H,103,128)(H,104,126)(H,105,125)(H,117,118)(H,119,120)(H,121,122)/t48-,54+,58-,59-,60-,61-,62-,63-,64-,65-,66-,68-,69-,70-,71-/m0/s1. The van der Waals surface area contributed by atoms with Crippen molar-refractivity contribution in [3.05, 3.63) is 120 Å². The van der Waals surface area contributed by atoms with Gasteiger partial charge in [0, 0.05) is 125 Å². The second-order valence-corrected chi connectivity index (χ2v) is 35.2. The predicted octanol–water partition coefficient (Wildman–Crippen LogP) is -3.87. The lowest BCUT2D eigenvalue weighted by Gasteiger charge is -2.36. The minimum atomic E-state index is -2.02. The Morgan fingerprint density at radius 2 is 1.13 bits per heavy atom. The summed E-state index contributed by atoms with van der Waals surface area (Å²) in [6.07, 6.45) is 0.156. The molecule has 22 N–H and O–H groups in total. The predicted molar refractivity (Wildman–Crippen MR) is 491 cm³/mol. The number of carbonyl (C=O) groups excluding carboxylic acids is 16. The van der Waals surface area contributed by atoms with Crippen LogP contribution in [0.4, 0.5) is 0 Å². The van der Waals surface area contributed by atoms with Crippen molar-refractivity contribution in [2.75, 3.05) is 65.4 Å². The molecule has 16 amide bonds. The number of carboxylic acid groups (broad SMARTS) is 3. The number of aromatic amines is 2. The first kappa shape index (κ1) is 107. The van der Waals surface area contributed by atoms with Gasteiger partial charge in [0.15, 0.2) is 0 Å². The number of unbranched alkanes of at least 4 members (excludes halogenated alkanes) is 2. The molecule has 47 heteroatoms. The summed E-state index contributed by atoms with van der Waals surface area (Å²) in [4.78, 5) is 289. The molecule has 0 radical (unpaired) electrons. The van der Waals surface area contributed by atoms with E-state index >= 15 is 38.4 Å². The zero-order chi connectivity index (χ0) is 100. The number of thioether (sulfide) groups is 1. The number of rotatable bonds is 27. The number of H-pyrrole nitrogens is 2.